The average Bonchev–Trinajstić information content (AvgIpc) is 3.39. The topological polar surface area (TPSA) is 102 Å². The fourth-order valence-corrected chi connectivity index (χ4v) is 3.47. The fourth-order valence-electron chi connectivity index (χ4n) is 3.47. The molecule has 0 unspecified atom stereocenters. The molecule has 0 bridgehead atoms. The minimum Gasteiger partial charge on any atom is -0.308 e. The van der Waals surface area contributed by atoms with Crippen LogP contribution in [0.5, 0.6) is 0 Å². The Kier molecular flexibility index (Phi) is 5.68. The highest BCUT2D eigenvalue weighted by molar-refractivity contribution is 6.11. The summed E-state index contributed by atoms with van der Waals surface area (Å²) >= 11 is 0. The van der Waals surface area contributed by atoms with Gasteiger partial charge in [0.25, 0.3) is 0 Å². The molecule has 5 rings (SSSR count). The maximum absolute atomic E-state index is 15.2. The molecule has 0 saturated carbocycles. The van der Waals surface area contributed by atoms with E-state index in [-0.39, 0.29) is 22.5 Å². The molecule has 172 valence electrons. The van der Waals surface area contributed by atoms with E-state index in [2.05, 4.69) is 25.6 Å². The Morgan fingerprint density at radius 1 is 0.914 bits per heavy atom. The second kappa shape index (κ2) is 9.10. The van der Waals surface area contributed by atoms with Gasteiger partial charge in [-0.15, -0.1) is 0 Å². The lowest BCUT2D eigenvalue weighted by Crippen LogP contribution is -2.21. The number of nitrogens with zero attached hydrogens (tertiary/aromatic N) is 4. The van der Waals surface area contributed by atoms with Crippen LogP contribution in [0.1, 0.15) is 15.9 Å². The maximum Gasteiger partial charge on any atom is 0.323 e. The molecule has 0 saturated heterocycles. The second-order valence-corrected chi connectivity index (χ2v) is 7.49. The first-order valence-electron chi connectivity index (χ1n) is 10.4. The summed E-state index contributed by atoms with van der Waals surface area (Å²) in [6, 6.07) is 13.3. The highest BCUT2D eigenvalue weighted by atomic mass is 19.1. The second-order valence-electron chi connectivity index (χ2n) is 7.49. The van der Waals surface area contributed by atoms with Crippen LogP contribution in [0.4, 0.5) is 25.0 Å². The van der Waals surface area contributed by atoms with E-state index < -0.39 is 23.4 Å². The minimum atomic E-state index is -0.898. The van der Waals surface area contributed by atoms with Gasteiger partial charge in [0.05, 0.1) is 28.5 Å². The van der Waals surface area contributed by atoms with Gasteiger partial charge in [0.2, 0.25) is 0 Å². The molecule has 0 aliphatic rings. The van der Waals surface area contributed by atoms with E-state index in [0.717, 1.165) is 6.07 Å². The van der Waals surface area contributed by atoms with Crippen molar-refractivity contribution in [1.29, 1.82) is 0 Å². The minimum absolute atomic E-state index is 0.197. The van der Waals surface area contributed by atoms with Crippen molar-refractivity contribution in [2.75, 3.05) is 10.6 Å². The number of aromatic nitrogens is 4. The zero-order valence-corrected chi connectivity index (χ0v) is 17.9. The summed E-state index contributed by atoms with van der Waals surface area (Å²) in [5.74, 6) is -1.50. The molecule has 0 spiro atoms. The molecule has 0 fully saturated rings. The molecule has 0 atom stereocenters. The molecule has 0 aliphatic heterocycles. The predicted molar refractivity (Wildman–Crippen MR) is 126 cm³/mol. The van der Waals surface area contributed by atoms with Gasteiger partial charge in [-0.3, -0.25) is 14.3 Å². The van der Waals surface area contributed by atoms with Gasteiger partial charge in [-0.1, -0.05) is 12.1 Å². The third kappa shape index (κ3) is 4.58. The smallest absolute Gasteiger partial charge is 0.308 e. The monoisotopic (exact) mass is 470 g/mol. The van der Waals surface area contributed by atoms with E-state index in [1.165, 1.54) is 48.5 Å². The Balaban J connectivity index is 1.40. The van der Waals surface area contributed by atoms with E-state index in [9.17, 15) is 14.0 Å². The molecule has 2 aromatic heterocycles. The zero-order valence-electron chi connectivity index (χ0n) is 17.9. The van der Waals surface area contributed by atoms with E-state index in [1.807, 2.05) is 0 Å². The predicted octanol–water partition coefficient (Wildman–Crippen LogP) is 4.97. The quantitative estimate of drug-likeness (QED) is 0.353. The van der Waals surface area contributed by atoms with Crippen LogP contribution in [-0.2, 0) is 0 Å². The van der Waals surface area contributed by atoms with Crippen molar-refractivity contribution in [1.82, 2.24) is 19.5 Å². The fraction of sp³-hybridized carbons (Fsp3) is 0. The normalized spacial score (nSPS) is 10.8. The van der Waals surface area contributed by atoms with Crippen LogP contribution in [0, 0.1) is 11.6 Å². The van der Waals surface area contributed by atoms with Gasteiger partial charge in [-0.2, -0.15) is 0 Å². The van der Waals surface area contributed by atoms with Gasteiger partial charge in [0.15, 0.2) is 17.4 Å². The van der Waals surface area contributed by atoms with Crippen molar-refractivity contribution in [3.8, 4) is 5.82 Å². The van der Waals surface area contributed by atoms with E-state index >= 15 is 4.39 Å². The molecule has 3 aromatic carbocycles. The number of ketones is 1. The number of benzene rings is 3. The van der Waals surface area contributed by atoms with E-state index in [4.69, 9.17) is 0 Å². The third-order valence-electron chi connectivity index (χ3n) is 5.13. The molecule has 2 N–H and O–H groups in total. The van der Waals surface area contributed by atoms with Gasteiger partial charge >= 0.3 is 6.03 Å². The lowest BCUT2D eigenvalue weighted by Gasteiger charge is -2.11. The molecule has 0 aliphatic carbocycles. The summed E-state index contributed by atoms with van der Waals surface area (Å²) in [4.78, 5) is 38.2. The van der Waals surface area contributed by atoms with Gasteiger partial charge in [0, 0.05) is 23.6 Å². The molecule has 2 heterocycles. The molecule has 35 heavy (non-hydrogen) atoms. The molecule has 8 nitrogen and oxygen atoms in total. The van der Waals surface area contributed by atoms with Crippen LogP contribution >= 0.6 is 0 Å². The van der Waals surface area contributed by atoms with Crippen LogP contribution in [-0.4, -0.2) is 31.3 Å². The number of hydrogen-bond donors (Lipinski definition) is 2. The van der Waals surface area contributed by atoms with Crippen molar-refractivity contribution in [2.24, 2.45) is 0 Å². The van der Waals surface area contributed by atoms with Gasteiger partial charge in [0.1, 0.15) is 12.1 Å². The highest BCUT2D eigenvalue weighted by Gasteiger charge is 2.19. The number of carbonyl (C=O) groups is 2. The average molecular weight is 470 g/mol. The molecule has 2 amide bonds. The highest BCUT2D eigenvalue weighted by Crippen LogP contribution is 2.23. The van der Waals surface area contributed by atoms with Crippen molar-refractivity contribution in [3.63, 3.8) is 0 Å². The van der Waals surface area contributed by atoms with E-state index in [0.29, 0.717) is 16.9 Å². The number of rotatable bonds is 5. The first kappa shape index (κ1) is 21.8. The number of fused-ring (bicyclic) bond motifs is 1. The Labute approximate surface area is 197 Å². The van der Waals surface area contributed by atoms with Crippen molar-refractivity contribution in [3.05, 3.63) is 108 Å². The number of amides is 2. The van der Waals surface area contributed by atoms with Crippen LogP contribution in [0.25, 0.3) is 16.9 Å². The number of imidazole rings is 1. The molecular formula is C25H16F2N6O2. The largest absolute Gasteiger partial charge is 0.323 e. The van der Waals surface area contributed by atoms with E-state index in [1.54, 1.807) is 35.6 Å². The van der Waals surface area contributed by atoms with Gasteiger partial charge in [-0.25, -0.2) is 23.5 Å². The summed E-state index contributed by atoms with van der Waals surface area (Å²) in [5, 5.41) is 4.76. The number of hydrogen-bond acceptors (Lipinski definition) is 5. The molecule has 5 aromatic rings. The summed E-state index contributed by atoms with van der Waals surface area (Å²) in [6.07, 6.45) is 6.47. The number of anilines is 2. The van der Waals surface area contributed by atoms with Gasteiger partial charge in [-0.05, 0) is 48.5 Å². The first-order chi connectivity index (χ1) is 17.0. The third-order valence-corrected chi connectivity index (χ3v) is 5.13. The van der Waals surface area contributed by atoms with Crippen LogP contribution in [0.2, 0.25) is 0 Å². The number of urea groups is 1. The summed E-state index contributed by atoms with van der Waals surface area (Å²) in [7, 11) is 0. The zero-order chi connectivity index (χ0) is 24.4. The lowest BCUT2D eigenvalue weighted by molar-refractivity contribution is 0.103. The summed E-state index contributed by atoms with van der Waals surface area (Å²) in [6.45, 7) is 0. The Morgan fingerprint density at radius 2 is 1.77 bits per heavy atom. The van der Waals surface area contributed by atoms with Crippen LogP contribution in [0.3, 0.4) is 0 Å². The van der Waals surface area contributed by atoms with Crippen molar-refractivity contribution in [2.45, 2.75) is 0 Å². The molecule has 10 heteroatoms. The number of halogens is 2. The van der Waals surface area contributed by atoms with Crippen LogP contribution in [0.15, 0.2) is 85.6 Å². The maximum atomic E-state index is 15.2. The lowest BCUT2D eigenvalue weighted by atomic mass is 10.0. The molecule has 0 radical (unpaired) electrons. The standard InChI is InChI=1S/C25H16F2N6O2/c26-16-3-1-4-17(12-16)30-25(35)32-20-6-2-5-18(23(20)27)24(34)15-7-8-19-21(11-15)31-22(13-29-19)33-10-9-28-14-33/h1-14H,(H2,30,32,35). The summed E-state index contributed by atoms with van der Waals surface area (Å²) < 4.78 is 30.2. The number of carbonyl (C=O) groups excluding carboxylic acids is 2. The SMILES string of the molecule is O=C(Nc1cccc(F)c1)Nc1cccc(C(=O)c2ccc3ncc(-n4ccnc4)nc3c2)c1F. The van der Waals surface area contributed by atoms with Gasteiger partial charge < -0.3 is 10.6 Å². The Hall–Kier alpha value is -4.99. The van der Waals surface area contributed by atoms with Crippen molar-refractivity contribution < 1.29 is 18.4 Å². The van der Waals surface area contributed by atoms with Crippen molar-refractivity contribution >= 4 is 34.2 Å². The summed E-state index contributed by atoms with van der Waals surface area (Å²) in [5.41, 5.74) is 0.984. The first-order valence-corrected chi connectivity index (χ1v) is 10.4. The van der Waals surface area contributed by atoms with Crippen LogP contribution < -0.4 is 10.6 Å². The molecular weight excluding hydrogens is 454 g/mol. The number of nitrogens with one attached hydrogen (secondary N) is 2. The Bertz CT molecular complexity index is 1570. The Morgan fingerprint density at radius 3 is 2.57 bits per heavy atom.